The maximum Gasteiger partial charge on any atom is 0.326 e. The maximum atomic E-state index is 11.3. The lowest BCUT2D eigenvalue weighted by Crippen LogP contribution is -2.44. The van der Waals surface area contributed by atoms with Gasteiger partial charge in [-0.1, -0.05) is 0 Å². The quantitative estimate of drug-likeness (QED) is 0.583. The molecular formula is C8H9NO4. The molecule has 0 radical (unpaired) electrons. The van der Waals surface area contributed by atoms with Crippen molar-refractivity contribution in [3.63, 3.8) is 0 Å². The van der Waals surface area contributed by atoms with Crippen LogP contribution >= 0.6 is 0 Å². The zero-order valence-electron chi connectivity index (χ0n) is 7.06. The van der Waals surface area contributed by atoms with E-state index in [9.17, 15) is 14.4 Å². The number of carbonyl (C=O) groups excluding carboxylic acids is 2. The summed E-state index contributed by atoms with van der Waals surface area (Å²) >= 11 is 0. The molecule has 1 saturated carbocycles. The molecule has 5 nitrogen and oxygen atoms in total. The van der Waals surface area contributed by atoms with Gasteiger partial charge in [-0.2, -0.15) is 0 Å². The molecule has 5 heteroatoms. The van der Waals surface area contributed by atoms with E-state index in [4.69, 9.17) is 5.11 Å². The zero-order chi connectivity index (χ0) is 9.75. The lowest BCUT2D eigenvalue weighted by atomic mass is 10.2. The molecule has 1 heterocycles. The first-order valence-corrected chi connectivity index (χ1v) is 4.13. The van der Waals surface area contributed by atoms with Gasteiger partial charge < -0.3 is 5.11 Å². The van der Waals surface area contributed by atoms with Crippen molar-refractivity contribution in [3.05, 3.63) is 0 Å². The lowest BCUT2D eigenvalue weighted by Gasteiger charge is -2.20. The van der Waals surface area contributed by atoms with Crippen molar-refractivity contribution >= 4 is 17.8 Å². The van der Waals surface area contributed by atoms with Crippen molar-refractivity contribution < 1.29 is 19.5 Å². The predicted octanol–water partition coefficient (Wildman–Crippen LogP) is -0.536. The Morgan fingerprint density at radius 1 is 1.46 bits per heavy atom. The molecule has 1 saturated heterocycles. The molecular weight excluding hydrogens is 174 g/mol. The molecule has 3 atom stereocenters. The standard InChI is InChI=1S/C8H9NO4/c1-3(8(12)13)9-6(10)4-2-5(4)7(9)11/h3-5H,2H2,1H3,(H,12,13). The average Bonchev–Trinajstić information content (AvgIpc) is 2.77. The molecule has 1 aliphatic carbocycles. The van der Waals surface area contributed by atoms with E-state index >= 15 is 0 Å². The fourth-order valence-corrected chi connectivity index (χ4v) is 1.70. The van der Waals surface area contributed by atoms with E-state index in [-0.39, 0.29) is 23.7 Å². The normalized spacial score (nSPS) is 33.2. The molecule has 2 aliphatic rings. The van der Waals surface area contributed by atoms with Crippen molar-refractivity contribution in [1.29, 1.82) is 0 Å². The van der Waals surface area contributed by atoms with Gasteiger partial charge >= 0.3 is 5.97 Å². The number of imide groups is 1. The number of carbonyl (C=O) groups is 3. The number of piperidine rings is 1. The van der Waals surface area contributed by atoms with Gasteiger partial charge in [0.2, 0.25) is 11.8 Å². The Labute approximate surface area is 74.3 Å². The number of aliphatic carboxylic acids is 1. The van der Waals surface area contributed by atoms with Crippen molar-refractivity contribution in [2.45, 2.75) is 19.4 Å². The van der Waals surface area contributed by atoms with Gasteiger partial charge in [0, 0.05) is 0 Å². The Kier molecular flexibility index (Phi) is 1.46. The molecule has 0 aromatic rings. The molecule has 1 N–H and O–H groups in total. The molecule has 0 aromatic heterocycles. The molecule has 0 bridgehead atoms. The smallest absolute Gasteiger partial charge is 0.326 e. The van der Waals surface area contributed by atoms with Crippen LogP contribution in [-0.2, 0) is 14.4 Å². The van der Waals surface area contributed by atoms with Crippen molar-refractivity contribution in [2.75, 3.05) is 0 Å². The second kappa shape index (κ2) is 2.31. The molecule has 2 amide bonds. The minimum atomic E-state index is -1.14. The van der Waals surface area contributed by atoms with Crippen LogP contribution in [0.2, 0.25) is 0 Å². The molecule has 70 valence electrons. The highest BCUT2D eigenvalue weighted by molar-refractivity contribution is 6.10. The minimum absolute atomic E-state index is 0.214. The first-order chi connectivity index (χ1) is 6.04. The number of nitrogens with zero attached hydrogens (tertiary/aromatic N) is 1. The van der Waals surface area contributed by atoms with Gasteiger partial charge in [-0.05, 0) is 13.3 Å². The monoisotopic (exact) mass is 183 g/mol. The summed E-state index contributed by atoms with van der Waals surface area (Å²) in [6, 6.07) is -1.02. The second-order valence-corrected chi connectivity index (χ2v) is 3.51. The van der Waals surface area contributed by atoms with Crippen LogP contribution in [0.1, 0.15) is 13.3 Å². The minimum Gasteiger partial charge on any atom is -0.480 e. The van der Waals surface area contributed by atoms with Gasteiger partial charge in [-0.15, -0.1) is 0 Å². The van der Waals surface area contributed by atoms with Crippen LogP contribution in [0.4, 0.5) is 0 Å². The van der Waals surface area contributed by atoms with Crippen LogP contribution in [0, 0.1) is 11.8 Å². The maximum absolute atomic E-state index is 11.3. The third-order valence-electron chi connectivity index (χ3n) is 2.64. The molecule has 1 aliphatic heterocycles. The van der Waals surface area contributed by atoms with Crippen LogP contribution in [0.3, 0.4) is 0 Å². The summed E-state index contributed by atoms with van der Waals surface area (Å²) in [6.45, 7) is 1.35. The first kappa shape index (κ1) is 8.22. The summed E-state index contributed by atoms with van der Waals surface area (Å²) in [7, 11) is 0. The van der Waals surface area contributed by atoms with Crippen LogP contribution in [-0.4, -0.2) is 33.8 Å². The summed E-state index contributed by atoms with van der Waals surface area (Å²) in [5, 5.41) is 8.63. The Bertz CT molecular complexity index is 291. The molecule has 0 spiro atoms. The summed E-state index contributed by atoms with van der Waals surface area (Å²) in [5.41, 5.74) is 0. The SMILES string of the molecule is CC(C(=O)O)N1C(=O)C2CC2C1=O. The number of fused-ring (bicyclic) bond motifs is 1. The van der Waals surface area contributed by atoms with Gasteiger partial charge in [0.15, 0.2) is 0 Å². The summed E-state index contributed by atoms with van der Waals surface area (Å²) in [5.74, 6) is -2.19. The van der Waals surface area contributed by atoms with Crippen LogP contribution in [0.15, 0.2) is 0 Å². The summed E-state index contributed by atoms with van der Waals surface area (Å²) in [6.07, 6.45) is 0.612. The fourth-order valence-electron chi connectivity index (χ4n) is 1.70. The first-order valence-electron chi connectivity index (χ1n) is 4.13. The van der Waals surface area contributed by atoms with E-state index in [0.717, 1.165) is 4.90 Å². The van der Waals surface area contributed by atoms with Gasteiger partial charge in [0.25, 0.3) is 0 Å². The molecule has 2 fully saturated rings. The number of amides is 2. The van der Waals surface area contributed by atoms with E-state index in [0.29, 0.717) is 6.42 Å². The molecule has 2 rings (SSSR count). The zero-order valence-corrected chi connectivity index (χ0v) is 7.06. The predicted molar refractivity (Wildman–Crippen MR) is 40.5 cm³/mol. The number of carboxylic acid groups (broad SMARTS) is 1. The number of hydrogen-bond acceptors (Lipinski definition) is 3. The highest BCUT2D eigenvalue weighted by Crippen LogP contribution is 2.47. The lowest BCUT2D eigenvalue weighted by molar-refractivity contribution is -0.155. The topological polar surface area (TPSA) is 74.7 Å². The Morgan fingerprint density at radius 3 is 2.31 bits per heavy atom. The van der Waals surface area contributed by atoms with Crippen LogP contribution in [0.25, 0.3) is 0 Å². The van der Waals surface area contributed by atoms with E-state index < -0.39 is 12.0 Å². The highest BCUT2D eigenvalue weighted by atomic mass is 16.4. The van der Waals surface area contributed by atoms with E-state index in [2.05, 4.69) is 0 Å². The van der Waals surface area contributed by atoms with Gasteiger partial charge in [-0.25, -0.2) is 4.79 Å². The third kappa shape index (κ3) is 0.961. The van der Waals surface area contributed by atoms with Gasteiger partial charge in [0.1, 0.15) is 6.04 Å². The van der Waals surface area contributed by atoms with Crippen LogP contribution in [0.5, 0.6) is 0 Å². The van der Waals surface area contributed by atoms with Crippen LogP contribution < -0.4 is 0 Å². The van der Waals surface area contributed by atoms with E-state index in [1.165, 1.54) is 6.92 Å². The summed E-state index contributed by atoms with van der Waals surface area (Å²) < 4.78 is 0. The van der Waals surface area contributed by atoms with E-state index in [1.54, 1.807) is 0 Å². The second-order valence-electron chi connectivity index (χ2n) is 3.51. The van der Waals surface area contributed by atoms with Crippen molar-refractivity contribution in [1.82, 2.24) is 4.90 Å². The van der Waals surface area contributed by atoms with Gasteiger partial charge in [0.05, 0.1) is 11.8 Å². The Hall–Kier alpha value is -1.39. The van der Waals surface area contributed by atoms with Crippen molar-refractivity contribution in [2.24, 2.45) is 11.8 Å². The Morgan fingerprint density at radius 2 is 1.92 bits per heavy atom. The highest BCUT2D eigenvalue weighted by Gasteiger charge is 2.60. The van der Waals surface area contributed by atoms with E-state index in [1.807, 2.05) is 0 Å². The molecule has 3 unspecified atom stereocenters. The Balaban J connectivity index is 2.21. The largest absolute Gasteiger partial charge is 0.480 e. The van der Waals surface area contributed by atoms with Crippen molar-refractivity contribution in [3.8, 4) is 0 Å². The number of hydrogen-bond donors (Lipinski definition) is 1. The average molecular weight is 183 g/mol. The fraction of sp³-hybridized carbons (Fsp3) is 0.625. The molecule has 0 aromatic carbocycles. The molecule has 13 heavy (non-hydrogen) atoms. The third-order valence-corrected chi connectivity index (χ3v) is 2.64. The number of likely N-dealkylation sites (tertiary alicyclic amines) is 1. The number of carboxylic acids is 1. The summed E-state index contributed by atoms with van der Waals surface area (Å²) in [4.78, 5) is 34.1. The number of rotatable bonds is 2. The van der Waals surface area contributed by atoms with Gasteiger partial charge in [-0.3, -0.25) is 14.5 Å².